The van der Waals surface area contributed by atoms with Crippen LogP contribution in [0.5, 0.6) is 0 Å². The van der Waals surface area contributed by atoms with Gasteiger partial charge < -0.3 is 24.7 Å². The molecule has 2 saturated carbocycles. The molecule has 0 radical (unpaired) electrons. The predicted octanol–water partition coefficient (Wildman–Crippen LogP) is 4.85. The molecule has 4 heterocycles. The minimum atomic E-state index is -0.0750. The third-order valence-corrected chi connectivity index (χ3v) is 8.01. The highest BCUT2D eigenvalue weighted by Gasteiger charge is 2.44. The van der Waals surface area contributed by atoms with Gasteiger partial charge in [-0.2, -0.15) is 0 Å². The number of carbonyl (C=O) groups excluding carboxylic acids is 1. The number of aromatic nitrogens is 4. The van der Waals surface area contributed by atoms with Crippen molar-refractivity contribution < 1.29 is 9.53 Å². The summed E-state index contributed by atoms with van der Waals surface area (Å²) in [7, 11) is 0. The molecule has 3 fully saturated rings. The summed E-state index contributed by atoms with van der Waals surface area (Å²) in [6, 6.07) is 11.8. The van der Waals surface area contributed by atoms with E-state index in [0.717, 1.165) is 49.6 Å². The maximum Gasteiger partial charge on any atom is 0.229 e. The van der Waals surface area contributed by atoms with Crippen LogP contribution >= 0.6 is 11.6 Å². The minimum absolute atomic E-state index is 0.0351. The van der Waals surface area contributed by atoms with Gasteiger partial charge in [0.25, 0.3) is 0 Å². The Balaban J connectivity index is 1.03. The molecule has 2 atom stereocenters. The smallest absolute Gasteiger partial charge is 0.229 e. The highest BCUT2D eigenvalue weighted by Crippen LogP contribution is 2.48. The zero-order valence-electron chi connectivity index (χ0n) is 21.5. The molecule has 0 spiro atoms. The number of nitrogens with one attached hydrogen (secondary N) is 2. The van der Waals surface area contributed by atoms with Crippen LogP contribution < -0.4 is 15.5 Å². The van der Waals surface area contributed by atoms with Gasteiger partial charge in [-0.1, -0.05) is 23.7 Å². The summed E-state index contributed by atoms with van der Waals surface area (Å²) in [5.41, 5.74) is 5.54. The SMILES string of the molecule is O=C(Nc1cc(NCc2cn3cc(C4CC4)cc(N4CCOCC4)c3n2)ncn1)[C@H]1C[C@@H]1c1cccc(Cl)c1. The first kappa shape index (κ1) is 24.4. The second-order valence-electron chi connectivity index (χ2n) is 10.6. The first-order valence-electron chi connectivity index (χ1n) is 13.6. The van der Waals surface area contributed by atoms with Crippen LogP contribution in [0.1, 0.15) is 47.9 Å². The summed E-state index contributed by atoms with van der Waals surface area (Å²) in [4.78, 5) is 28.8. The van der Waals surface area contributed by atoms with Crippen molar-refractivity contribution >= 4 is 40.5 Å². The van der Waals surface area contributed by atoms with Gasteiger partial charge in [0.05, 0.1) is 31.1 Å². The van der Waals surface area contributed by atoms with Crippen LogP contribution in [-0.4, -0.2) is 51.6 Å². The molecule has 0 bridgehead atoms. The fraction of sp³-hybridized carbons (Fsp3) is 0.379. The van der Waals surface area contributed by atoms with E-state index in [0.29, 0.717) is 29.1 Å². The molecular weight excluding hydrogens is 514 g/mol. The van der Waals surface area contributed by atoms with Gasteiger partial charge in [-0.25, -0.2) is 15.0 Å². The van der Waals surface area contributed by atoms with Crippen molar-refractivity contribution in [2.24, 2.45) is 5.92 Å². The molecule has 2 aliphatic carbocycles. The second kappa shape index (κ2) is 10.1. The van der Waals surface area contributed by atoms with Crippen LogP contribution in [-0.2, 0) is 16.1 Å². The number of imidazole rings is 1. The van der Waals surface area contributed by atoms with E-state index in [9.17, 15) is 4.79 Å². The van der Waals surface area contributed by atoms with E-state index in [1.807, 2.05) is 24.3 Å². The van der Waals surface area contributed by atoms with Crippen LogP contribution in [0, 0.1) is 5.92 Å². The fourth-order valence-corrected chi connectivity index (χ4v) is 5.63. The summed E-state index contributed by atoms with van der Waals surface area (Å²) in [6.07, 6.45) is 9.09. The first-order chi connectivity index (χ1) is 19.1. The normalized spacial score (nSPS) is 20.7. The van der Waals surface area contributed by atoms with Gasteiger partial charge in [0.1, 0.15) is 18.0 Å². The van der Waals surface area contributed by atoms with Crippen molar-refractivity contribution in [2.75, 3.05) is 41.8 Å². The van der Waals surface area contributed by atoms with Crippen LogP contribution in [0.4, 0.5) is 17.3 Å². The summed E-state index contributed by atoms with van der Waals surface area (Å²) < 4.78 is 7.73. The lowest BCUT2D eigenvalue weighted by molar-refractivity contribution is -0.117. The number of anilines is 3. The first-order valence-corrected chi connectivity index (χ1v) is 13.9. The quantitative estimate of drug-likeness (QED) is 0.328. The number of amides is 1. The number of hydrogen-bond donors (Lipinski definition) is 2. The standard InChI is InChI=1S/C29H30ClN7O2/c30-21-3-1-2-19(10-21)23-12-24(23)29(38)35-27-13-26(32-17-33-27)31-14-22-16-37-15-20(18-4-5-18)11-25(28(37)34-22)36-6-8-39-9-7-36/h1-3,10-11,13,15-18,23-24H,4-9,12,14H2,(H2,31,32,33,35,38)/t23-,24+/m1/s1. The van der Waals surface area contributed by atoms with Crippen molar-refractivity contribution in [2.45, 2.75) is 37.6 Å². The molecule has 0 unspecified atom stereocenters. The van der Waals surface area contributed by atoms with E-state index >= 15 is 0 Å². The van der Waals surface area contributed by atoms with Gasteiger partial charge in [-0.3, -0.25) is 4.79 Å². The zero-order chi connectivity index (χ0) is 26.3. The van der Waals surface area contributed by atoms with E-state index < -0.39 is 0 Å². The molecule has 1 aliphatic heterocycles. The van der Waals surface area contributed by atoms with Gasteiger partial charge in [0, 0.05) is 42.5 Å². The van der Waals surface area contributed by atoms with Crippen molar-refractivity contribution in [1.82, 2.24) is 19.4 Å². The van der Waals surface area contributed by atoms with E-state index in [4.69, 9.17) is 21.3 Å². The predicted molar refractivity (Wildman–Crippen MR) is 150 cm³/mol. The molecule has 10 heteroatoms. The average Bonchev–Trinajstić information content (AvgIpc) is 3.88. The molecule has 4 aromatic rings. The molecule has 1 saturated heterocycles. The van der Waals surface area contributed by atoms with Gasteiger partial charge in [0.15, 0.2) is 5.65 Å². The molecule has 200 valence electrons. The summed E-state index contributed by atoms with van der Waals surface area (Å²) in [5, 5.41) is 6.98. The minimum Gasteiger partial charge on any atom is -0.378 e. The number of morpholine rings is 1. The zero-order valence-corrected chi connectivity index (χ0v) is 22.3. The summed E-state index contributed by atoms with van der Waals surface area (Å²) in [5.74, 6) is 1.85. The van der Waals surface area contributed by atoms with Crippen LogP contribution in [0.15, 0.2) is 55.1 Å². The summed E-state index contributed by atoms with van der Waals surface area (Å²) in [6.45, 7) is 3.74. The van der Waals surface area contributed by atoms with Crippen molar-refractivity contribution in [1.29, 1.82) is 0 Å². The average molecular weight is 544 g/mol. The molecular formula is C29H30ClN7O2. The number of carbonyl (C=O) groups is 1. The molecule has 7 rings (SSSR count). The lowest BCUT2D eigenvalue weighted by atomic mass is 10.1. The van der Waals surface area contributed by atoms with E-state index in [1.165, 1.54) is 30.4 Å². The van der Waals surface area contributed by atoms with Gasteiger partial charge >= 0.3 is 0 Å². The van der Waals surface area contributed by atoms with Crippen LogP contribution in [0.2, 0.25) is 5.02 Å². The van der Waals surface area contributed by atoms with Gasteiger partial charge in [-0.15, -0.1) is 0 Å². The van der Waals surface area contributed by atoms with Gasteiger partial charge in [-0.05, 0) is 60.4 Å². The number of hydrogen-bond acceptors (Lipinski definition) is 7. The van der Waals surface area contributed by atoms with E-state index in [-0.39, 0.29) is 17.7 Å². The molecule has 2 N–H and O–H groups in total. The van der Waals surface area contributed by atoms with Gasteiger partial charge in [0.2, 0.25) is 5.91 Å². The highest BCUT2D eigenvalue weighted by atomic mass is 35.5. The maximum absolute atomic E-state index is 12.8. The Kier molecular flexibility index (Phi) is 6.33. The van der Waals surface area contributed by atoms with Crippen molar-refractivity contribution in [3.05, 3.63) is 77.0 Å². The lowest BCUT2D eigenvalue weighted by Gasteiger charge is -2.29. The molecule has 3 aliphatic rings. The number of benzene rings is 1. The molecule has 3 aromatic heterocycles. The van der Waals surface area contributed by atoms with Crippen molar-refractivity contribution in [3.8, 4) is 0 Å². The Hall–Kier alpha value is -3.69. The number of fused-ring (bicyclic) bond motifs is 1. The maximum atomic E-state index is 12.8. The number of nitrogens with zero attached hydrogens (tertiary/aromatic N) is 5. The van der Waals surface area contributed by atoms with Crippen LogP contribution in [0.25, 0.3) is 5.65 Å². The van der Waals surface area contributed by atoms with Crippen molar-refractivity contribution in [3.63, 3.8) is 0 Å². The number of halogens is 1. The monoisotopic (exact) mass is 543 g/mol. The molecule has 9 nitrogen and oxygen atoms in total. The van der Waals surface area contributed by atoms with E-state index in [1.54, 1.807) is 6.07 Å². The third kappa shape index (κ3) is 5.29. The Labute approximate surface area is 231 Å². The number of pyridine rings is 1. The molecule has 1 aromatic carbocycles. The third-order valence-electron chi connectivity index (χ3n) is 7.78. The second-order valence-corrected chi connectivity index (χ2v) is 11.1. The van der Waals surface area contributed by atoms with E-state index in [2.05, 4.69) is 48.4 Å². The largest absolute Gasteiger partial charge is 0.378 e. The number of ether oxygens (including phenoxy) is 1. The Morgan fingerprint density at radius 2 is 1.90 bits per heavy atom. The number of rotatable bonds is 8. The topological polar surface area (TPSA) is 96.7 Å². The molecule has 39 heavy (non-hydrogen) atoms. The van der Waals surface area contributed by atoms with Crippen LogP contribution in [0.3, 0.4) is 0 Å². The Morgan fingerprint density at radius 1 is 1.05 bits per heavy atom. The molecule has 1 amide bonds. The lowest BCUT2D eigenvalue weighted by Crippen LogP contribution is -2.36. The highest BCUT2D eigenvalue weighted by molar-refractivity contribution is 6.30. The fourth-order valence-electron chi connectivity index (χ4n) is 5.43. The summed E-state index contributed by atoms with van der Waals surface area (Å²) >= 11 is 6.12. The Bertz CT molecular complexity index is 1530. The Morgan fingerprint density at radius 3 is 2.72 bits per heavy atom.